The van der Waals surface area contributed by atoms with Crippen molar-refractivity contribution in [3.05, 3.63) is 48.0 Å². The minimum Gasteiger partial charge on any atom is -0.247 e. The predicted octanol–water partition coefficient (Wildman–Crippen LogP) is 4.08. The van der Waals surface area contributed by atoms with Crippen LogP contribution < -0.4 is 0 Å². The summed E-state index contributed by atoms with van der Waals surface area (Å²) in [6.45, 7) is 0. The summed E-state index contributed by atoms with van der Waals surface area (Å²) in [5.74, 6) is 0. The second kappa shape index (κ2) is 6.73. The van der Waals surface area contributed by atoms with Crippen LogP contribution in [-0.2, 0) is 19.7 Å². The van der Waals surface area contributed by atoms with Gasteiger partial charge in [-0.1, -0.05) is 36.4 Å². The van der Waals surface area contributed by atoms with E-state index < -0.39 is 53.2 Å². The quantitative estimate of drug-likeness (QED) is 0.694. The Bertz CT molecular complexity index is 1060. The average Bonchev–Trinajstić information content (AvgIpc) is 3.01. The Morgan fingerprint density at radius 1 is 0.926 bits per heavy atom. The highest BCUT2D eigenvalue weighted by Gasteiger charge is 2.58. The molecule has 0 amide bonds. The van der Waals surface area contributed by atoms with Gasteiger partial charge in [-0.15, -0.1) is 0 Å². The van der Waals surface area contributed by atoms with Gasteiger partial charge in [0.15, 0.2) is 14.4 Å². The first-order valence-corrected chi connectivity index (χ1v) is 11.3. The number of sulfone groups is 2. The summed E-state index contributed by atoms with van der Waals surface area (Å²) >= 11 is 0. The lowest BCUT2D eigenvalue weighted by Gasteiger charge is -2.23. The number of halogens is 4. The first-order chi connectivity index (χ1) is 12.4. The molecule has 3 rings (SSSR count). The molecule has 1 aliphatic rings. The monoisotopic (exact) mass is 424 g/mol. The zero-order valence-corrected chi connectivity index (χ0v) is 15.5. The van der Waals surface area contributed by atoms with Crippen LogP contribution in [0.3, 0.4) is 0 Å². The fourth-order valence-electron chi connectivity index (χ4n) is 3.38. The van der Waals surface area contributed by atoms with Gasteiger partial charge in [-0.2, -0.15) is 13.2 Å². The summed E-state index contributed by atoms with van der Waals surface area (Å²) in [5.41, 5.74) is -6.25. The summed E-state index contributed by atoms with van der Waals surface area (Å²) in [6.07, 6.45) is -2.31. The maximum Gasteiger partial charge on any atom is 0.499 e. The molecule has 0 spiro atoms. The molecule has 148 valence electrons. The summed E-state index contributed by atoms with van der Waals surface area (Å²) < 4.78 is 100. The Morgan fingerprint density at radius 3 is 2.11 bits per heavy atom. The molecule has 0 N–H and O–H groups in total. The molecule has 3 atom stereocenters. The van der Waals surface area contributed by atoms with Gasteiger partial charge in [0.2, 0.25) is 0 Å². The Hall–Kier alpha value is -1.68. The number of benzene rings is 2. The second-order valence-corrected chi connectivity index (χ2v) is 11.2. The Morgan fingerprint density at radius 2 is 1.56 bits per heavy atom. The van der Waals surface area contributed by atoms with Crippen LogP contribution >= 0.6 is 0 Å². The lowest BCUT2D eigenvalue weighted by molar-refractivity contribution is -0.0439. The van der Waals surface area contributed by atoms with Crippen LogP contribution in [0.4, 0.5) is 17.6 Å². The van der Waals surface area contributed by atoms with E-state index in [9.17, 15) is 34.4 Å². The zero-order valence-electron chi connectivity index (χ0n) is 13.9. The molecule has 27 heavy (non-hydrogen) atoms. The molecular formula is C17H16F4O4S2. The number of fused-ring (bicyclic) bond motifs is 1. The van der Waals surface area contributed by atoms with Crippen LogP contribution in [0.5, 0.6) is 0 Å². The topological polar surface area (TPSA) is 68.3 Å². The Balaban J connectivity index is 2.21. The smallest absolute Gasteiger partial charge is 0.247 e. The molecule has 1 aliphatic carbocycles. The van der Waals surface area contributed by atoms with Crippen molar-refractivity contribution in [2.45, 2.75) is 40.8 Å². The fraction of sp³-hybridized carbons (Fsp3) is 0.412. The van der Waals surface area contributed by atoms with E-state index in [2.05, 4.69) is 0 Å². The minimum atomic E-state index is -6.08. The molecule has 1 saturated carbocycles. The lowest BCUT2D eigenvalue weighted by Crippen LogP contribution is -2.37. The van der Waals surface area contributed by atoms with Crippen molar-refractivity contribution < 1.29 is 34.4 Å². The minimum absolute atomic E-state index is 0.125. The van der Waals surface area contributed by atoms with Gasteiger partial charge in [-0.25, -0.2) is 21.2 Å². The first kappa shape index (κ1) is 20.1. The molecular weight excluding hydrogens is 408 g/mol. The predicted molar refractivity (Wildman–Crippen MR) is 93.1 cm³/mol. The second-order valence-electron chi connectivity index (χ2n) is 6.55. The third kappa shape index (κ3) is 3.56. The average molecular weight is 424 g/mol. The molecule has 0 heterocycles. The highest BCUT2D eigenvalue weighted by Crippen LogP contribution is 2.44. The van der Waals surface area contributed by atoms with Gasteiger partial charge in [0.05, 0.1) is 5.25 Å². The zero-order chi connectivity index (χ0) is 20.0. The highest BCUT2D eigenvalue weighted by atomic mass is 32.3. The van der Waals surface area contributed by atoms with Crippen molar-refractivity contribution in [3.8, 4) is 0 Å². The molecule has 10 heteroatoms. The van der Waals surface area contributed by atoms with Crippen LogP contribution in [-0.4, -0.2) is 33.8 Å². The number of alkyl halides is 4. The fourth-order valence-corrected chi connectivity index (χ4v) is 8.16. The molecule has 0 aliphatic heterocycles. The van der Waals surface area contributed by atoms with Crippen LogP contribution in [0, 0.1) is 0 Å². The van der Waals surface area contributed by atoms with Crippen molar-refractivity contribution in [3.63, 3.8) is 0 Å². The van der Waals surface area contributed by atoms with Crippen molar-refractivity contribution in [2.75, 3.05) is 0 Å². The van der Waals surface area contributed by atoms with Gasteiger partial charge in [0.25, 0.3) is 9.84 Å². The molecule has 2 aromatic carbocycles. The van der Waals surface area contributed by atoms with Crippen molar-refractivity contribution >= 4 is 30.4 Å². The van der Waals surface area contributed by atoms with Gasteiger partial charge in [0.1, 0.15) is 6.17 Å². The SMILES string of the molecule is O=S(=O)(C1CCC(F)C1)C(c1ccc2ccccc2c1)S(=O)(=O)C(F)(F)F. The van der Waals surface area contributed by atoms with E-state index in [-0.39, 0.29) is 12.8 Å². The molecule has 0 saturated heterocycles. The van der Waals surface area contributed by atoms with Crippen LogP contribution in [0.15, 0.2) is 42.5 Å². The van der Waals surface area contributed by atoms with Gasteiger partial charge in [0, 0.05) is 0 Å². The van der Waals surface area contributed by atoms with E-state index in [1.54, 1.807) is 18.2 Å². The lowest BCUT2D eigenvalue weighted by atomic mass is 10.1. The van der Waals surface area contributed by atoms with Gasteiger partial charge >= 0.3 is 5.51 Å². The number of hydrogen-bond donors (Lipinski definition) is 0. The van der Waals surface area contributed by atoms with E-state index >= 15 is 0 Å². The summed E-state index contributed by atoms with van der Waals surface area (Å²) in [4.78, 5) is 0. The van der Waals surface area contributed by atoms with Crippen molar-refractivity contribution in [2.24, 2.45) is 0 Å². The molecule has 4 nitrogen and oxygen atoms in total. The Kier molecular flexibility index (Phi) is 5.00. The van der Waals surface area contributed by atoms with E-state index in [1.165, 1.54) is 12.1 Å². The number of hydrogen-bond acceptors (Lipinski definition) is 4. The highest BCUT2D eigenvalue weighted by molar-refractivity contribution is 8.09. The van der Waals surface area contributed by atoms with E-state index in [0.717, 1.165) is 12.1 Å². The van der Waals surface area contributed by atoms with E-state index in [4.69, 9.17) is 0 Å². The maximum absolute atomic E-state index is 13.5. The molecule has 2 aromatic rings. The van der Waals surface area contributed by atoms with Crippen LogP contribution in [0.25, 0.3) is 10.8 Å². The molecule has 0 bridgehead atoms. The number of rotatable bonds is 4. The van der Waals surface area contributed by atoms with Gasteiger partial charge in [-0.05, 0) is 41.7 Å². The summed E-state index contributed by atoms with van der Waals surface area (Å²) in [6, 6.07) is 10.0. The molecule has 0 aromatic heterocycles. The first-order valence-electron chi connectivity index (χ1n) is 8.10. The van der Waals surface area contributed by atoms with Crippen LogP contribution in [0.2, 0.25) is 0 Å². The third-order valence-corrected chi connectivity index (χ3v) is 10.0. The van der Waals surface area contributed by atoms with Crippen molar-refractivity contribution in [1.82, 2.24) is 0 Å². The normalized spacial score (nSPS) is 22.8. The van der Waals surface area contributed by atoms with Crippen molar-refractivity contribution in [1.29, 1.82) is 0 Å². The van der Waals surface area contributed by atoms with E-state index in [1.807, 2.05) is 0 Å². The van der Waals surface area contributed by atoms with Gasteiger partial charge in [-0.3, -0.25) is 0 Å². The molecule has 0 radical (unpaired) electrons. The van der Waals surface area contributed by atoms with Gasteiger partial charge < -0.3 is 0 Å². The summed E-state index contributed by atoms with van der Waals surface area (Å²) in [5, 5.41) is -0.449. The third-order valence-electron chi connectivity index (χ3n) is 4.73. The largest absolute Gasteiger partial charge is 0.499 e. The molecule has 3 unspecified atom stereocenters. The molecule has 1 fully saturated rings. The van der Waals surface area contributed by atoms with Crippen LogP contribution in [0.1, 0.15) is 29.4 Å². The Labute approximate surface area is 154 Å². The summed E-state index contributed by atoms with van der Waals surface area (Å²) in [7, 11) is -10.9. The standard InChI is InChI=1S/C17H16F4O4S2/c18-14-7-8-15(10-14)26(22,23)16(27(24,25)17(19,20)21)13-6-5-11-3-1-2-4-12(11)9-13/h1-6,9,14-16H,7-8,10H2. The maximum atomic E-state index is 13.5. The van der Waals surface area contributed by atoms with E-state index in [0.29, 0.717) is 10.8 Å².